The molecular weight excluding hydrogens is 233 g/mol. The van der Waals surface area contributed by atoms with Gasteiger partial charge in [0.15, 0.2) is 0 Å². The Hall–Kier alpha value is -1.42. The molecule has 3 nitrogen and oxygen atoms in total. The van der Waals surface area contributed by atoms with Gasteiger partial charge in [0.05, 0.1) is 5.41 Å². The molecule has 1 aromatic carbocycles. The van der Waals surface area contributed by atoms with E-state index in [1.165, 1.54) is 6.07 Å². The lowest BCUT2D eigenvalue weighted by Gasteiger charge is -2.35. The molecule has 0 unspecified atom stereocenters. The Labute approximate surface area is 107 Å². The fourth-order valence-electron chi connectivity index (χ4n) is 1.20. The molecule has 2 N–H and O–H groups in total. The Balaban J connectivity index is 2.71. The van der Waals surface area contributed by atoms with Crippen LogP contribution in [0.15, 0.2) is 24.3 Å². The van der Waals surface area contributed by atoms with E-state index in [1.807, 2.05) is 0 Å². The Bertz CT molecular complexity index is 436. The van der Waals surface area contributed by atoms with Crippen LogP contribution in [0.5, 0.6) is 0 Å². The molecule has 0 heterocycles. The van der Waals surface area contributed by atoms with Crippen molar-refractivity contribution in [1.29, 1.82) is 0 Å². The van der Waals surface area contributed by atoms with E-state index in [1.54, 1.807) is 45.9 Å². The zero-order valence-corrected chi connectivity index (χ0v) is 11.3. The van der Waals surface area contributed by atoms with Crippen molar-refractivity contribution < 1.29 is 13.9 Å². The summed E-state index contributed by atoms with van der Waals surface area (Å²) in [7, 11) is 0. The maximum atomic E-state index is 13.4. The van der Waals surface area contributed by atoms with E-state index in [0.29, 0.717) is 5.56 Å². The molecule has 1 rings (SSSR count). The second-order valence-electron chi connectivity index (χ2n) is 5.51. The number of carbonyl (C=O) groups is 1. The first-order chi connectivity index (χ1) is 8.16. The Morgan fingerprint density at radius 2 is 1.83 bits per heavy atom. The van der Waals surface area contributed by atoms with Gasteiger partial charge in [0.2, 0.25) is 0 Å². The van der Waals surface area contributed by atoms with Gasteiger partial charge in [-0.15, -0.1) is 0 Å². The highest BCUT2D eigenvalue weighted by molar-refractivity contribution is 5.77. The van der Waals surface area contributed by atoms with Crippen LogP contribution in [0.3, 0.4) is 0 Å². The summed E-state index contributed by atoms with van der Waals surface area (Å²) in [4.78, 5) is 12.0. The van der Waals surface area contributed by atoms with Crippen LogP contribution in [0, 0.1) is 11.2 Å². The van der Waals surface area contributed by atoms with Crippen LogP contribution in [0.25, 0.3) is 0 Å². The first kappa shape index (κ1) is 14.6. The number of benzene rings is 1. The average Bonchev–Trinajstić information content (AvgIpc) is 2.26. The SMILES string of the molecule is CC(C)(N)C(C)(C)C(=O)OCc1ccccc1F. The van der Waals surface area contributed by atoms with Gasteiger partial charge in [-0.3, -0.25) is 4.79 Å². The van der Waals surface area contributed by atoms with Gasteiger partial charge in [-0.05, 0) is 33.8 Å². The summed E-state index contributed by atoms with van der Waals surface area (Å²) in [6, 6.07) is 6.21. The summed E-state index contributed by atoms with van der Waals surface area (Å²) in [6.07, 6.45) is 0. The zero-order chi connectivity index (χ0) is 14.0. The van der Waals surface area contributed by atoms with E-state index in [-0.39, 0.29) is 12.4 Å². The molecule has 0 bridgehead atoms. The number of ether oxygens (including phenoxy) is 1. The number of nitrogens with two attached hydrogens (primary N) is 1. The van der Waals surface area contributed by atoms with Crippen molar-refractivity contribution in [3.63, 3.8) is 0 Å². The maximum absolute atomic E-state index is 13.4. The number of hydrogen-bond donors (Lipinski definition) is 1. The number of hydrogen-bond acceptors (Lipinski definition) is 3. The van der Waals surface area contributed by atoms with E-state index in [0.717, 1.165) is 0 Å². The molecule has 18 heavy (non-hydrogen) atoms. The fourth-order valence-corrected chi connectivity index (χ4v) is 1.20. The highest BCUT2D eigenvalue weighted by Gasteiger charge is 2.41. The standard InChI is InChI=1S/C14H20FNO2/c1-13(2,14(3,4)16)12(17)18-9-10-7-5-6-8-11(10)15/h5-8H,9,16H2,1-4H3. The van der Waals surface area contributed by atoms with Crippen LogP contribution in [0.4, 0.5) is 4.39 Å². The molecule has 0 aliphatic heterocycles. The third-order valence-corrected chi connectivity index (χ3v) is 3.44. The zero-order valence-electron chi connectivity index (χ0n) is 11.3. The molecule has 0 saturated carbocycles. The van der Waals surface area contributed by atoms with E-state index in [2.05, 4.69) is 0 Å². The molecule has 4 heteroatoms. The topological polar surface area (TPSA) is 52.3 Å². The molecule has 1 aromatic rings. The molecular formula is C14H20FNO2. The number of halogens is 1. The minimum atomic E-state index is -0.835. The van der Waals surface area contributed by atoms with Crippen molar-refractivity contribution >= 4 is 5.97 Å². The summed E-state index contributed by atoms with van der Waals surface area (Å²) in [5.74, 6) is -0.812. The van der Waals surface area contributed by atoms with E-state index in [9.17, 15) is 9.18 Å². The van der Waals surface area contributed by atoms with Crippen molar-refractivity contribution in [3.05, 3.63) is 35.6 Å². The van der Waals surface area contributed by atoms with Crippen LogP contribution >= 0.6 is 0 Å². The molecule has 0 aromatic heterocycles. The number of rotatable bonds is 4. The predicted molar refractivity (Wildman–Crippen MR) is 68.2 cm³/mol. The van der Waals surface area contributed by atoms with Crippen molar-refractivity contribution in [1.82, 2.24) is 0 Å². The molecule has 0 radical (unpaired) electrons. The molecule has 0 amide bonds. The highest BCUT2D eigenvalue weighted by Crippen LogP contribution is 2.30. The second-order valence-corrected chi connectivity index (χ2v) is 5.51. The highest BCUT2D eigenvalue weighted by atomic mass is 19.1. The molecule has 0 spiro atoms. The summed E-state index contributed by atoms with van der Waals surface area (Å²) in [5, 5.41) is 0. The monoisotopic (exact) mass is 253 g/mol. The molecule has 0 fully saturated rings. The van der Waals surface area contributed by atoms with E-state index < -0.39 is 16.9 Å². The van der Waals surface area contributed by atoms with Crippen LogP contribution in [-0.2, 0) is 16.1 Å². The third kappa shape index (κ3) is 3.07. The summed E-state index contributed by atoms with van der Waals surface area (Å²) in [6.45, 7) is 6.88. The molecule has 0 atom stereocenters. The Kier molecular flexibility index (Phi) is 4.12. The Morgan fingerprint density at radius 3 is 2.33 bits per heavy atom. The molecule has 0 aliphatic rings. The molecule has 0 aliphatic carbocycles. The first-order valence-electron chi connectivity index (χ1n) is 5.86. The van der Waals surface area contributed by atoms with Crippen LogP contribution in [-0.4, -0.2) is 11.5 Å². The van der Waals surface area contributed by atoms with Gasteiger partial charge in [0.25, 0.3) is 0 Å². The van der Waals surface area contributed by atoms with Crippen molar-refractivity contribution in [3.8, 4) is 0 Å². The average molecular weight is 253 g/mol. The second kappa shape index (κ2) is 5.06. The first-order valence-corrected chi connectivity index (χ1v) is 5.86. The van der Waals surface area contributed by atoms with Crippen molar-refractivity contribution in [2.24, 2.45) is 11.1 Å². The normalized spacial score (nSPS) is 12.3. The minimum Gasteiger partial charge on any atom is -0.460 e. The van der Waals surface area contributed by atoms with Gasteiger partial charge in [-0.25, -0.2) is 4.39 Å². The van der Waals surface area contributed by atoms with Gasteiger partial charge in [-0.1, -0.05) is 18.2 Å². The van der Waals surface area contributed by atoms with Gasteiger partial charge in [0, 0.05) is 11.1 Å². The lowest BCUT2D eigenvalue weighted by atomic mass is 9.75. The Morgan fingerprint density at radius 1 is 1.28 bits per heavy atom. The molecule has 100 valence electrons. The van der Waals surface area contributed by atoms with Crippen LogP contribution in [0.2, 0.25) is 0 Å². The summed E-state index contributed by atoms with van der Waals surface area (Å²) < 4.78 is 18.5. The largest absolute Gasteiger partial charge is 0.460 e. The summed E-state index contributed by atoms with van der Waals surface area (Å²) in [5.41, 5.74) is 4.75. The quantitative estimate of drug-likeness (QED) is 0.839. The van der Waals surface area contributed by atoms with Gasteiger partial charge in [0.1, 0.15) is 12.4 Å². The maximum Gasteiger partial charge on any atom is 0.313 e. The van der Waals surface area contributed by atoms with Crippen molar-refractivity contribution in [2.75, 3.05) is 0 Å². The van der Waals surface area contributed by atoms with Crippen LogP contribution in [0.1, 0.15) is 33.3 Å². The van der Waals surface area contributed by atoms with Gasteiger partial charge >= 0.3 is 5.97 Å². The number of carbonyl (C=O) groups excluding carboxylic acids is 1. The third-order valence-electron chi connectivity index (χ3n) is 3.44. The van der Waals surface area contributed by atoms with Gasteiger partial charge in [-0.2, -0.15) is 0 Å². The van der Waals surface area contributed by atoms with E-state index in [4.69, 9.17) is 10.5 Å². The smallest absolute Gasteiger partial charge is 0.313 e. The van der Waals surface area contributed by atoms with Gasteiger partial charge < -0.3 is 10.5 Å². The number of esters is 1. The lowest BCUT2D eigenvalue weighted by Crippen LogP contribution is -2.52. The van der Waals surface area contributed by atoms with Crippen LogP contribution < -0.4 is 5.73 Å². The van der Waals surface area contributed by atoms with Crippen molar-refractivity contribution in [2.45, 2.75) is 39.8 Å². The lowest BCUT2D eigenvalue weighted by molar-refractivity contribution is -0.158. The fraction of sp³-hybridized carbons (Fsp3) is 0.500. The minimum absolute atomic E-state index is 0.0784. The molecule has 0 saturated heterocycles. The predicted octanol–water partition coefficient (Wildman–Crippen LogP) is 2.63. The van der Waals surface area contributed by atoms with E-state index >= 15 is 0 Å². The summed E-state index contributed by atoms with van der Waals surface area (Å²) >= 11 is 0.